The molecule has 0 radical (unpaired) electrons. The normalized spacial score (nSPS) is 11.7. The van der Waals surface area contributed by atoms with Crippen molar-refractivity contribution < 1.29 is 19.5 Å². The molecule has 192 valence electrons. The molecule has 35 heavy (non-hydrogen) atoms. The van der Waals surface area contributed by atoms with E-state index in [2.05, 4.69) is 10.6 Å². The van der Waals surface area contributed by atoms with Crippen molar-refractivity contribution in [3.63, 3.8) is 0 Å². The lowest BCUT2D eigenvalue weighted by molar-refractivity contribution is -0.127. The first-order valence-corrected chi connectivity index (χ1v) is 10.6. The number of anilines is 1. The highest BCUT2D eigenvalue weighted by Gasteiger charge is 2.20. The third-order valence-corrected chi connectivity index (χ3v) is 5.15. The van der Waals surface area contributed by atoms with Gasteiger partial charge in [0, 0.05) is 17.1 Å². The number of nitrogens with one attached hydrogen (secondary N) is 2. The Morgan fingerprint density at radius 2 is 1.69 bits per heavy atom. The van der Waals surface area contributed by atoms with Crippen LogP contribution in [0.4, 0.5) is 5.69 Å². The zero-order valence-electron chi connectivity index (χ0n) is 19.3. The quantitative estimate of drug-likeness (QED) is 0.213. The summed E-state index contributed by atoms with van der Waals surface area (Å²) in [6.07, 6.45) is 2.05. The van der Waals surface area contributed by atoms with Gasteiger partial charge in [-0.15, -0.1) is 34.0 Å². The molecule has 1 aromatic heterocycles. The summed E-state index contributed by atoms with van der Waals surface area (Å²) in [4.78, 5) is 37.1. The lowest BCUT2D eigenvalue weighted by atomic mass is 10.1. The van der Waals surface area contributed by atoms with Crippen LogP contribution >= 0.6 is 34.0 Å². The molecule has 0 aliphatic carbocycles. The van der Waals surface area contributed by atoms with Crippen LogP contribution in [0.3, 0.4) is 0 Å². The number of unbranched alkanes of at least 4 members (excludes halogenated alkanes) is 1. The molecule has 1 heterocycles. The highest BCUT2D eigenvalue weighted by atomic mass is 79.9. The molecule has 0 aliphatic rings. The number of fused-ring (bicyclic) bond motifs is 1. The molecule has 0 bridgehead atoms. The summed E-state index contributed by atoms with van der Waals surface area (Å²) < 4.78 is 5.47. The van der Waals surface area contributed by atoms with E-state index in [0.29, 0.717) is 29.8 Å². The maximum atomic E-state index is 12.5. The zero-order valence-corrected chi connectivity index (χ0v) is 22.7. The minimum atomic E-state index is -0.786. The monoisotopic (exact) mass is 614 g/mol. The van der Waals surface area contributed by atoms with Crippen LogP contribution in [0.15, 0.2) is 63.8 Å². The topological polar surface area (TPSA) is 172 Å². The number of amides is 2. The van der Waals surface area contributed by atoms with E-state index in [9.17, 15) is 14.4 Å². The van der Waals surface area contributed by atoms with Crippen molar-refractivity contribution in [1.82, 2.24) is 5.32 Å². The van der Waals surface area contributed by atoms with E-state index in [0.717, 1.165) is 23.8 Å². The van der Waals surface area contributed by atoms with E-state index in [1.54, 1.807) is 31.2 Å². The lowest BCUT2D eigenvalue weighted by Gasteiger charge is -2.17. The number of hydrogen-bond acceptors (Lipinski definition) is 6. The standard InChI is InChI=1S/C24H28N4O4.2BrH.H2O/c1-15(27-23(30)20(26)9-5-6-12-25)22(29)28-18-11-10-17-13-19(16-7-3-2-4-8-16)24(31)32-21(17)14-18;;;/h2-4,7-8,10-11,13-15,20H,5-6,9,12,25-26H2,1H3,(H,27,30)(H,28,29);2*1H;1H2/t15-,20-;;;/m0.../s1. The van der Waals surface area contributed by atoms with Crippen LogP contribution in [-0.2, 0) is 9.59 Å². The van der Waals surface area contributed by atoms with E-state index < -0.39 is 23.6 Å². The van der Waals surface area contributed by atoms with Gasteiger partial charge in [0.15, 0.2) is 0 Å². The summed E-state index contributed by atoms with van der Waals surface area (Å²) in [5.41, 5.74) is 12.9. The third kappa shape index (κ3) is 8.86. The first-order valence-electron chi connectivity index (χ1n) is 10.6. The average Bonchev–Trinajstić information content (AvgIpc) is 2.79. The van der Waals surface area contributed by atoms with Gasteiger partial charge in [-0.05, 0) is 50.1 Å². The highest BCUT2D eigenvalue weighted by Crippen LogP contribution is 2.23. The van der Waals surface area contributed by atoms with Gasteiger partial charge in [-0.25, -0.2) is 4.79 Å². The van der Waals surface area contributed by atoms with Gasteiger partial charge in [0.25, 0.3) is 0 Å². The van der Waals surface area contributed by atoms with Gasteiger partial charge in [0.2, 0.25) is 11.8 Å². The molecule has 2 aromatic carbocycles. The van der Waals surface area contributed by atoms with Crippen molar-refractivity contribution in [2.75, 3.05) is 11.9 Å². The lowest BCUT2D eigenvalue weighted by Crippen LogP contribution is -2.48. The van der Waals surface area contributed by atoms with Gasteiger partial charge in [-0.3, -0.25) is 9.59 Å². The van der Waals surface area contributed by atoms with Crippen molar-refractivity contribution in [2.45, 2.75) is 38.3 Å². The van der Waals surface area contributed by atoms with Crippen molar-refractivity contribution >= 4 is 62.4 Å². The van der Waals surface area contributed by atoms with Gasteiger partial charge < -0.3 is 32.0 Å². The number of hydrogen-bond donors (Lipinski definition) is 4. The van der Waals surface area contributed by atoms with Crippen LogP contribution in [0.5, 0.6) is 0 Å². The van der Waals surface area contributed by atoms with Crippen molar-refractivity contribution in [3.05, 3.63) is 65.0 Å². The fourth-order valence-corrected chi connectivity index (χ4v) is 3.28. The van der Waals surface area contributed by atoms with Gasteiger partial charge in [0.1, 0.15) is 11.6 Å². The summed E-state index contributed by atoms with van der Waals surface area (Å²) in [5, 5.41) is 6.07. The molecular weight excluding hydrogens is 584 g/mol. The molecule has 0 saturated carbocycles. The Morgan fingerprint density at radius 1 is 1.00 bits per heavy atom. The maximum absolute atomic E-state index is 12.5. The SMILES string of the molecule is Br.Br.C[C@H](NC(=O)[C@@H](N)CCCCN)C(=O)Nc1ccc2cc(-c3ccccc3)c(=O)oc2c1.O. The molecule has 0 saturated heterocycles. The van der Waals surface area contributed by atoms with E-state index >= 15 is 0 Å². The van der Waals surface area contributed by atoms with Crippen LogP contribution in [0.25, 0.3) is 22.1 Å². The average molecular weight is 616 g/mol. The smallest absolute Gasteiger partial charge is 0.344 e. The van der Waals surface area contributed by atoms with E-state index in [1.807, 2.05) is 30.3 Å². The molecule has 0 aliphatic heterocycles. The minimum Gasteiger partial charge on any atom is -0.422 e. The second kappa shape index (κ2) is 15.4. The van der Waals surface area contributed by atoms with Gasteiger partial charge in [-0.1, -0.05) is 36.8 Å². The van der Waals surface area contributed by atoms with Crippen LogP contribution in [0.2, 0.25) is 0 Å². The van der Waals surface area contributed by atoms with Gasteiger partial charge in [0.05, 0.1) is 11.6 Å². The summed E-state index contributed by atoms with van der Waals surface area (Å²) in [7, 11) is 0. The molecule has 9 nitrogen and oxygen atoms in total. The van der Waals surface area contributed by atoms with Crippen LogP contribution < -0.4 is 27.7 Å². The van der Waals surface area contributed by atoms with E-state index in [1.165, 1.54) is 0 Å². The zero-order chi connectivity index (χ0) is 23.1. The number of nitrogens with two attached hydrogens (primary N) is 2. The summed E-state index contributed by atoms with van der Waals surface area (Å²) in [6, 6.07) is 14.6. The first kappa shape index (κ1) is 32.4. The molecule has 0 unspecified atom stereocenters. The second-order valence-electron chi connectivity index (χ2n) is 7.68. The number of halogens is 2. The van der Waals surface area contributed by atoms with Gasteiger partial charge >= 0.3 is 5.63 Å². The molecule has 11 heteroatoms. The first-order chi connectivity index (χ1) is 15.4. The molecular formula is C24H32Br2N4O5. The summed E-state index contributed by atoms with van der Waals surface area (Å²) >= 11 is 0. The maximum Gasteiger partial charge on any atom is 0.344 e. The summed E-state index contributed by atoms with van der Waals surface area (Å²) in [6.45, 7) is 2.12. The fraction of sp³-hybridized carbons (Fsp3) is 0.292. The number of rotatable bonds is 9. The summed E-state index contributed by atoms with van der Waals surface area (Å²) in [5.74, 6) is -0.794. The van der Waals surface area contributed by atoms with Crippen LogP contribution in [-0.4, -0.2) is 35.9 Å². The molecule has 0 fully saturated rings. The minimum absolute atomic E-state index is 0. The van der Waals surface area contributed by atoms with Gasteiger partial charge in [-0.2, -0.15) is 0 Å². The Balaban J connectivity index is 0.00000385. The van der Waals surface area contributed by atoms with E-state index in [-0.39, 0.29) is 45.3 Å². The van der Waals surface area contributed by atoms with Crippen molar-refractivity contribution in [2.24, 2.45) is 11.5 Å². The molecule has 2 atom stereocenters. The Labute approximate surface area is 224 Å². The molecule has 8 N–H and O–H groups in total. The van der Waals surface area contributed by atoms with Crippen molar-refractivity contribution in [1.29, 1.82) is 0 Å². The van der Waals surface area contributed by atoms with Crippen LogP contribution in [0.1, 0.15) is 26.2 Å². The van der Waals surface area contributed by atoms with Crippen molar-refractivity contribution in [3.8, 4) is 11.1 Å². The second-order valence-corrected chi connectivity index (χ2v) is 7.68. The fourth-order valence-electron chi connectivity index (χ4n) is 3.28. The molecule has 0 spiro atoms. The molecule has 3 aromatic rings. The Kier molecular flexibility index (Phi) is 14.3. The molecule has 3 rings (SSSR count). The predicted octanol–water partition coefficient (Wildman–Crippen LogP) is 2.69. The number of carbonyl (C=O) groups excluding carboxylic acids is 2. The third-order valence-electron chi connectivity index (χ3n) is 5.15. The Bertz CT molecular complexity index is 1160. The molecule has 2 amide bonds. The van der Waals surface area contributed by atoms with Crippen LogP contribution in [0, 0.1) is 0 Å². The Hall–Kier alpha value is -2.57. The number of carbonyl (C=O) groups is 2. The van der Waals surface area contributed by atoms with E-state index in [4.69, 9.17) is 15.9 Å². The predicted molar refractivity (Wildman–Crippen MR) is 149 cm³/mol. The highest BCUT2D eigenvalue weighted by molar-refractivity contribution is 8.93. The number of benzene rings is 2. The Morgan fingerprint density at radius 3 is 2.34 bits per heavy atom. The largest absolute Gasteiger partial charge is 0.422 e.